The first-order chi connectivity index (χ1) is 19.3. The van der Waals surface area contributed by atoms with Crippen molar-refractivity contribution in [3.05, 3.63) is 72.2 Å². The zero-order valence-corrected chi connectivity index (χ0v) is 22.9. The smallest absolute Gasteiger partial charge is 0.256 e. The van der Waals surface area contributed by atoms with Crippen molar-refractivity contribution in [2.45, 2.75) is 25.8 Å². The number of piperidine rings is 1. The summed E-state index contributed by atoms with van der Waals surface area (Å²) >= 11 is 0. The van der Waals surface area contributed by atoms with Crippen LogP contribution in [-0.2, 0) is 4.79 Å². The van der Waals surface area contributed by atoms with Crippen LogP contribution in [0.15, 0.2) is 61.1 Å². The Kier molecular flexibility index (Phi) is 7.83. The number of nitrogens with two attached hydrogens (primary N) is 1. The number of hydrogen-bond acceptors (Lipinski definition) is 8. The van der Waals surface area contributed by atoms with Crippen LogP contribution in [0.4, 0.5) is 11.6 Å². The standard InChI is InChI=1S/C29H33N9O2/c1-19-12-13-31-23(16-19)34-29(40)21-10-8-20(9-11-21)26-25-27(30)32-18-33-28(25)38(35-26)22-6-4-15-37(17-22)24(39)7-5-14-36(2)3/h5,7-13,16,18,22H,4,6,14-15,17H2,1-3H3,(H2,30,32,33)(H,31,34,40). The first-order valence-electron chi connectivity index (χ1n) is 13.2. The summed E-state index contributed by atoms with van der Waals surface area (Å²) < 4.78 is 1.87. The molecule has 0 bridgehead atoms. The van der Waals surface area contributed by atoms with Gasteiger partial charge in [-0.25, -0.2) is 19.6 Å². The van der Waals surface area contributed by atoms with Crippen molar-refractivity contribution in [2.75, 3.05) is 44.8 Å². The van der Waals surface area contributed by atoms with Crippen molar-refractivity contribution in [1.82, 2.24) is 34.5 Å². The predicted octanol–water partition coefficient (Wildman–Crippen LogP) is 3.31. The van der Waals surface area contributed by atoms with Crippen LogP contribution in [0.5, 0.6) is 0 Å². The van der Waals surface area contributed by atoms with E-state index in [0.29, 0.717) is 53.6 Å². The quantitative estimate of drug-likeness (QED) is 0.342. The van der Waals surface area contributed by atoms with Crippen molar-refractivity contribution in [2.24, 2.45) is 0 Å². The van der Waals surface area contributed by atoms with Gasteiger partial charge >= 0.3 is 0 Å². The first-order valence-corrected chi connectivity index (χ1v) is 13.2. The minimum atomic E-state index is -0.255. The van der Waals surface area contributed by atoms with Crippen molar-refractivity contribution in [1.29, 1.82) is 0 Å². The molecule has 5 rings (SSSR count). The van der Waals surface area contributed by atoms with Gasteiger partial charge in [0.2, 0.25) is 5.91 Å². The molecule has 1 aliphatic rings. The summed E-state index contributed by atoms with van der Waals surface area (Å²) in [5, 5.41) is 8.41. The van der Waals surface area contributed by atoms with Gasteiger partial charge in [0, 0.05) is 43.0 Å². The molecule has 3 aromatic heterocycles. The van der Waals surface area contributed by atoms with Gasteiger partial charge in [-0.3, -0.25) is 9.59 Å². The van der Waals surface area contributed by atoms with Crippen LogP contribution in [0, 0.1) is 6.92 Å². The van der Waals surface area contributed by atoms with Crippen LogP contribution < -0.4 is 11.1 Å². The molecular formula is C29H33N9O2. The van der Waals surface area contributed by atoms with E-state index in [2.05, 4.69) is 20.3 Å². The Labute approximate surface area is 232 Å². The first kappa shape index (κ1) is 26.9. The van der Waals surface area contributed by atoms with Gasteiger partial charge in [0.1, 0.15) is 23.7 Å². The summed E-state index contributed by atoms with van der Waals surface area (Å²) in [4.78, 5) is 42.4. The number of amides is 2. The molecule has 4 aromatic rings. The minimum absolute atomic E-state index is 0.00731. The lowest BCUT2D eigenvalue weighted by atomic mass is 10.1. The Bertz CT molecular complexity index is 1560. The molecule has 1 saturated heterocycles. The molecule has 1 fully saturated rings. The fourth-order valence-electron chi connectivity index (χ4n) is 4.85. The van der Waals surface area contributed by atoms with E-state index in [9.17, 15) is 9.59 Å². The normalized spacial score (nSPS) is 15.7. The number of nitrogens with one attached hydrogen (secondary N) is 1. The highest BCUT2D eigenvalue weighted by Crippen LogP contribution is 2.34. The number of nitrogens with zero attached hydrogens (tertiary/aromatic N) is 7. The molecule has 1 aliphatic heterocycles. The van der Waals surface area contributed by atoms with Gasteiger partial charge in [-0.1, -0.05) is 18.2 Å². The molecule has 0 aliphatic carbocycles. The summed E-state index contributed by atoms with van der Waals surface area (Å²) in [5.74, 6) is 0.562. The van der Waals surface area contributed by atoms with Crippen LogP contribution in [0.25, 0.3) is 22.3 Å². The number of anilines is 2. The van der Waals surface area contributed by atoms with Crippen LogP contribution in [-0.4, -0.2) is 80.1 Å². The summed E-state index contributed by atoms with van der Waals surface area (Å²) in [7, 11) is 3.93. The Balaban J connectivity index is 1.40. The fourth-order valence-corrected chi connectivity index (χ4v) is 4.85. The summed E-state index contributed by atoms with van der Waals surface area (Å²) in [5.41, 5.74) is 9.85. The van der Waals surface area contributed by atoms with E-state index in [0.717, 1.165) is 24.0 Å². The Morgan fingerprint density at radius 3 is 2.70 bits per heavy atom. The van der Waals surface area contributed by atoms with Crippen molar-refractivity contribution in [3.63, 3.8) is 0 Å². The van der Waals surface area contributed by atoms with Gasteiger partial charge in [-0.05, 0) is 63.7 Å². The Hall–Kier alpha value is -4.64. The third-order valence-electron chi connectivity index (χ3n) is 6.88. The number of hydrogen-bond donors (Lipinski definition) is 2. The molecular weight excluding hydrogens is 506 g/mol. The highest BCUT2D eigenvalue weighted by Gasteiger charge is 2.28. The van der Waals surface area contributed by atoms with Crippen molar-refractivity contribution < 1.29 is 9.59 Å². The number of benzene rings is 1. The molecule has 0 saturated carbocycles. The van der Waals surface area contributed by atoms with Gasteiger partial charge in [-0.2, -0.15) is 5.10 Å². The molecule has 40 heavy (non-hydrogen) atoms. The molecule has 3 N–H and O–H groups in total. The highest BCUT2D eigenvalue weighted by atomic mass is 16.2. The number of fused-ring (bicyclic) bond motifs is 1. The topological polar surface area (TPSA) is 135 Å². The fraction of sp³-hybridized carbons (Fsp3) is 0.310. The lowest BCUT2D eigenvalue weighted by Crippen LogP contribution is -2.40. The molecule has 1 unspecified atom stereocenters. The second kappa shape index (κ2) is 11.6. The second-order valence-corrected chi connectivity index (χ2v) is 10.2. The summed E-state index contributed by atoms with van der Waals surface area (Å²) in [6.45, 7) is 3.87. The van der Waals surface area contributed by atoms with E-state index in [-0.39, 0.29) is 17.9 Å². The lowest BCUT2D eigenvalue weighted by molar-refractivity contribution is -0.127. The number of pyridine rings is 1. The molecule has 0 radical (unpaired) electrons. The number of aryl methyl sites for hydroxylation is 1. The van der Waals surface area contributed by atoms with Gasteiger partial charge < -0.3 is 20.9 Å². The molecule has 11 nitrogen and oxygen atoms in total. The van der Waals surface area contributed by atoms with E-state index in [1.54, 1.807) is 24.4 Å². The second-order valence-electron chi connectivity index (χ2n) is 10.2. The third-order valence-corrected chi connectivity index (χ3v) is 6.88. The van der Waals surface area contributed by atoms with Gasteiger partial charge in [0.15, 0.2) is 5.65 Å². The maximum Gasteiger partial charge on any atom is 0.256 e. The van der Waals surface area contributed by atoms with Crippen molar-refractivity contribution in [3.8, 4) is 11.3 Å². The number of likely N-dealkylation sites (N-methyl/N-ethyl adjacent to an activating group) is 1. The Morgan fingerprint density at radius 1 is 1.15 bits per heavy atom. The molecule has 0 spiro atoms. The average molecular weight is 540 g/mol. The third kappa shape index (κ3) is 5.84. The molecule has 11 heteroatoms. The maximum absolute atomic E-state index is 12.8. The number of carbonyl (C=O) groups excluding carboxylic acids is 2. The van der Waals surface area contributed by atoms with Gasteiger partial charge in [0.25, 0.3) is 5.91 Å². The molecule has 1 atom stereocenters. The van der Waals surface area contributed by atoms with E-state index >= 15 is 0 Å². The van der Waals surface area contributed by atoms with Crippen molar-refractivity contribution >= 4 is 34.5 Å². The van der Waals surface area contributed by atoms with Gasteiger partial charge in [0.05, 0.1) is 11.4 Å². The predicted molar refractivity (Wildman–Crippen MR) is 155 cm³/mol. The zero-order valence-electron chi connectivity index (χ0n) is 22.9. The summed E-state index contributed by atoms with van der Waals surface area (Å²) in [6, 6.07) is 10.8. The van der Waals surface area contributed by atoms with Gasteiger partial charge in [-0.15, -0.1) is 0 Å². The largest absolute Gasteiger partial charge is 0.383 e. The summed E-state index contributed by atoms with van der Waals surface area (Å²) in [6.07, 6.45) is 8.32. The molecule has 4 heterocycles. The molecule has 1 aromatic carbocycles. The number of aromatic nitrogens is 5. The number of carbonyl (C=O) groups is 2. The minimum Gasteiger partial charge on any atom is -0.383 e. The number of likely N-dealkylation sites (tertiary alicyclic amines) is 1. The van der Waals surface area contributed by atoms with Crippen LogP contribution >= 0.6 is 0 Å². The van der Waals surface area contributed by atoms with E-state index in [4.69, 9.17) is 10.8 Å². The van der Waals surface area contributed by atoms with Crippen LogP contribution in [0.2, 0.25) is 0 Å². The Morgan fingerprint density at radius 2 is 1.95 bits per heavy atom. The molecule has 206 valence electrons. The van der Waals surface area contributed by atoms with E-state index in [1.165, 1.54) is 6.33 Å². The SMILES string of the molecule is Cc1ccnc(NC(=O)c2ccc(-c3nn(C4CCCN(C(=O)C=CCN(C)C)C4)c4ncnc(N)c34)cc2)c1. The zero-order chi connectivity index (χ0) is 28.2. The monoisotopic (exact) mass is 539 g/mol. The maximum atomic E-state index is 12.8. The van der Waals surface area contributed by atoms with E-state index < -0.39 is 0 Å². The van der Waals surface area contributed by atoms with Crippen LogP contribution in [0.3, 0.4) is 0 Å². The highest BCUT2D eigenvalue weighted by molar-refractivity contribution is 6.04. The molecule has 2 amide bonds. The number of nitrogen functional groups attached to an aromatic ring is 1. The lowest BCUT2D eigenvalue weighted by Gasteiger charge is -2.32. The average Bonchev–Trinajstić information content (AvgIpc) is 3.34. The van der Waals surface area contributed by atoms with Crippen LogP contribution in [0.1, 0.15) is 34.8 Å². The van der Waals surface area contributed by atoms with E-state index in [1.807, 2.05) is 65.8 Å². The number of rotatable bonds is 7.